The molecule has 2 atom stereocenters. The fourth-order valence-electron chi connectivity index (χ4n) is 2.49. The Balaban J connectivity index is 1.96. The van der Waals surface area contributed by atoms with Crippen LogP contribution in [0.1, 0.15) is 18.5 Å². The zero-order chi connectivity index (χ0) is 16.4. The standard InChI is InChI=1S/C17H19NO4S/c1-13(14-5-3-2-4-6-14)18(11-16-12-22-16)23(20,21)17-9-7-15(19)8-10-17/h2-10,13,16,19H,11-12H2,1H3. The lowest BCUT2D eigenvalue weighted by molar-refractivity contribution is 0.295. The van der Waals surface area contributed by atoms with Crippen LogP contribution in [-0.4, -0.2) is 37.1 Å². The van der Waals surface area contributed by atoms with E-state index < -0.39 is 10.0 Å². The molecule has 0 bridgehead atoms. The lowest BCUT2D eigenvalue weighted by atomic mass is 10.1. The molecule has 1 aliphatic rings. The molecule has 0 aliphatic carbocycles. The average molecular weight is 333 g/mol. The maximum absolute atomic E-state index is 13.0. The van der Waals surface area contributed by atoms with Crippen molar-refractivity contribution >= 4 is 10.0 Å². The lowest BCUT2D eigenvalue weighted by Gasteiger charge is -2.28. The molecule has 1 aliphatic heterocycles. The molecule has 0 aromatic heterocycles. The Hall–Kier alpha value is -1.89. The summed E-state index contributed by atoms with van der Waals surface area (Å²) in [4.78, 5) is 0.165. The number of sulfonamides is 1. The van der Waals surface area contributed by atoms with Gasteiger partial charge in [-0.25, -0.2) is 8.42 Å². The minimum absolute atomic E-state index is 0.0390. The van der Waals surface area contributed by atoms with E-state index in [4.69, 9.17) is 4.74 Å². The molecule has 122 valence electrons. The fraction of sp³-hybridized carbons (Fsp3) is 0.294. The highest BCUT2D eigenvalue weighted by Crippen LogP contribution is 2.30. The first-order valence-electron chi connectivity index (χ1n) is 7.46. The molecule has 1 heterocycles. The highest BCUT2D eigenvalue weighted by Gasteiger charge is 2.36. The van der Waals surface area contributed by atoms with Crippen molar-refractivity contribution < 1.29 is 18.3 Å². The summed E-state index contributed by atoms with van der Waals surface area (Å²) in [6, 6.07) is 14.8. The number of ether oxygens (including phenoxy) is 1. The predicted molar refractivity (Wildman–Crippen MR) is 86.6 cm³/mol. The maximum Gasteiger partial charge on any atom is 0.243 e. The van der Waals surface area contributed by atoms with Gasteiger partial charge in [0.2, 0.25) is 10.0 Å². The van der Waals surface area contributed by atoms with Crippen molar-refractivity contribution in [2.45, 2.75) is 24.0 Å². The Morgan fingerprint density at radius 3 is 2.35 bits per heavy atom. The minimum Gasteiger partial charge on any atom is -0.508 e. The van der Waals surface area contributed by atoms with Crippen LogP contribution in [0.2, 0.25) is 0 Å². The number of aromatic hydroxyl groups is 1. The van der Waals surface area contributed by atoms with E-state index in [1.165, 1.54) is 28.6 Å². The molecular weight excluding hydrogens is 314 g/mol. The van der Waals surface area contributed by atoms with Crippen molar-refractivity contribution in [3.63, 3.8) is 0 Å². The summed E-state index contributed by atoms with van der Waals surface area (Å²) in [7, 11) is -3.68. The van der Waals surface area contributed by atoms with E-state index in [1.54, 1.807) is 0 Å². The van der Waals surface area contributed by atoms with E-state index in [-0.39, 0.29) is 22.8 Å². The zero-order valence-electron chi connectivity index (χ0n) is 12.8. The molecule has 3 rings (SSSR count). The van der Waals surface area contributed by atoms with Gasteiger partial charge in [-0.05, 0) is 36.8 Å². The van der Waals surface area contributed by atoms with E-state index in [0.29, 0.717) is 13.2 Å². The number of epoxide rings is 1. The summed E-state index contributed by atoms with van der Waals surface area (Å²) < 4.78 is 32.7. The molecule has 0 radical (unpaired) electrons. The summed E-state index contributed by atoms with van der Waals surface area (Å²) >= 11 is 0. The first kappa shape index (κ1) is 16.0. The first-order valence-corrected chi connectivity index (χ1v) is 8.90. The van der Waals surface area contributed by atoms with Gasteiger partial charge in [0.15, 0.2) is 0 Å². The molecule has 23 heavy (non-hydrogen) atoms. The highest BCUT2D eigenvalue weighted by atomic mass is 32.2. The molecule has 1 saturated heterocycles. The van der Waals surface area contributed by atoms with E-state index in [0.717, 1.165) is 5.56 Å². The third-order valence-electron chi connectivity index (χ3n) is 3.94. The highest BCUT2D eigenvalue weighted by molar-refractivity contribution is 7.89. The van der Waals surface area contributed by atoms with E-state index in [9.17, 15) is 13.5 Å². The molecule has 1 N–H and O–H groups in total. The van der Waals surface area contributed by atoms with Crippen molar-refractivity contribution in [3.8, 4) is 5.75 Å². The summed E-state index contributed by atoms with van der Waals surface area (Å²) in [5, 5.41) is 9.38. The Morgan fingerprint density at radius 1 is 1.17 bits per heavy atom. The molecule has 0 spiro atoms. The molecule has 2 unspecified atom stereocenters. The largest absolute Gasteiger partial charge is 0.508 e. The summed E-state index contributed by atoms with van der Waals surface area (Å²) in [6.45, 7) is 2.78. The predicted octanol–water partition coefficient (Wildman–Crippen LogP) is 2.54. The van der Waals surface area contributed by atoms with Crippen LogP contribution in [0.5, 0.6) is 5.75 Å². The van der Waals surface area contributed by atoms with E-state index in [1.807, 2.05) is 37.3 Å². The third-order valence-corrected chi connectivity index (χ3v) is 5.89. The van der Waals surface area contributed by atoms with Crippen LogP contribution >= 0.6 is 0 Å². The topological polar surface area (TPSA) is 70.1 Å². The van der Waals surface area contributed by atoms with Crippen molar-refractivity contribution in [2.75, 3.05) is 13.2 Å². The fourth-order valence-corrected chi connectivity index (χ4v) is 4.14. The first-order chi connectivity index (χ1) is 11.0. The third kappa shape index (κ3) is 3.55. The van der Waals surface area contributed by atoms with E-state index in [2.05, 4.69) is 0 Å². The van der Waals surface area contributed by atoms with Gasteiger partial charge in [-0.2, -0.15) is 4.31 Å². The molecule has 5 nitrogen and oxygen atoms in total. The molecule has 2 aromatic carbocycles. The second-order valence-electron chi connectivity index (χ2n) is 5.61. The van der Waals surface area contributed by atoms with E-state index >= 15 is 0 Å². The Labute approximate surface area is 136 Å². The summed E-state index contributed by atoms with van der Waals surface area (Å²) in [5.41, 5.74) is 0.926. The van der Waals surface area contributed by atoms with Crippen LogP contribution < -0.4 is 0 Å². The van der Waals surface area contributed by atoms with Crippen molar-refractivity contribution in [1.29, 1.82) is 0 Å². The normalized spacial score (nSPS) is 18.8. The number of phenolic OH excluding ortho intramolecular Hbond substituents is 1. The van der Waals surface area contributed by atoms with Crippen LogP contribution in [0.3, 0.4) is 0 Å². The molecule has 1 fully saturated rings. The minimum atomic E-state index is -3.68. The SMILES string of the molecule is CC(c1ccccc1)N(CC1CO1)S(=O)(=O)c1ccc(O)cc1. The van der Waals surface area contributed by atoms with Crippen LogP contribution in [0.15, 0.2) is 59.5 Å². The van der Waals surface area contributed by atoms with Crippen LogP contribution in [0.25, 0.3) is 0 Å². The lowest BCUT2D eigenvalue weighted by Crippen LogP contribution is -2.36. The number of phenols is 1. The number of hydrogen-bond donors (Lipinski definition) is 1. The zero-order valence-corrected chi connectivity index (χ0v) is 13.6. The molecule has 0 saturated carbocycles. The number of nitrogens with zero attached hydrogens (tertiary/aromatic N) is 1. The van der Waals surface area contributed by atoms with Crippen LogP contribution in [0, 0.1) is 0 Å². The average Bonchev–Trinajstić information content (AvgIpc) is 3.37. The second-order valence-corrected chi connectivity index (χ2v) is 7.50. The van der Waals surface area contributed by atoms with Gasteiger partial charge in [0.05, 0.1) is 17.6 Å². The van der Waals surface area contributed by atoms with Gasteiger partial charge in [0, 0.05) is 12.6 Å². The Bertz CT molecular complexity index is 755. The summed E-state index contributed by atoms with van der Waals surface area (Å²) in [5.74, 6) is 0.0390. The van der Waals surface area contributed by atoms with Crippen LogP contribution in [0.4, 0.5) is 0 Å². The van der Waals surface area contributed by atoms with Gasteiger partial charge in [-0.3, -0.25) is 0 Å². The van der Waals surface area contributed by atoms with Gasteiger partial charge in [-0.1, -0.05) is 30.3 Å². The molecular formula is C17H19NO4S. The number of benzene rings is 2. The van der Waals surface area contributed by atoms with Gasteiger partial charge < -0.3 is 9.84 Å². The number of hydrogen-bond acceptors (Lipinski definition) is 4. The Kier molecular flexibility index (Phi) is 4.39. The molecule has 2 aromatic rings. The maximum atomic E-state index is 13.0. The van der Waals surface area contributed by atoms with Gasteiger partial charge in [-0.15, -0.1) is 0 Å². The monoisotopic (exact) mass is 333 g/mol. The van der Waals surface area contributed by atoms with Crippen molar-refractivity contribution in [2.24, 2.45) is 0 Å². The van der Waals surface area contributed by atoms with Crippen molar-refractivity contribution in [3.05, 3.63) is 60.2 Å². The van der Waals surface area contributed by atoms with Crippen molar-refractivity contribution in [1.82, 2.24) is 4.31 Å². The van der Waals surface area contributed by atoms with Crippen LogP contribution in [-0.2, 0) is 14.8 Å². The van der Waals surface area contributed by atoms with Gasteiger partial charge >= 0.3 is 0 Å². The molecule has 6 heteroatoms. The van der Waals surface area contributed by atoms with Gasteiger partial charge in [0.1, 0.15) is 5.75 Å². The summed E-state index contributed by atoms with van der Waals surface area (Å²) in [6.07, 6.45) is -0.0481. The molecule has 0 amide bonds. The van der Waals surface area contributed by atoms with Gasteiger partial charge in [0.25, 0.3) is 0 Å². The number of rotatable bonds is 6. The second kappa shape index (κ2) is 6.31. The Morgan fingerprint density at radius 2 is 1.78 bits per heavy atom. The smallest absolute Gasteiger partial charge is 0.243 e. The quantitative estimate of drug-likeness (QED) is 0.825.